The molecule has 108 valence electrons. The number of hydrogen-bond acceptors (Lipinski definition) is 4. The summed E-state index contributed by atoms with van der Waals surface area (Å²) in [4.78, 5) is 25.4. The molecule has 0 fully saturated rings. The van der Waals surface area contributed by atoms with Gasteiger partial charge in [-0.15, -0.1) is 0 Å². The first-order chi connectivity index (χ1) is 10.7. The topological polar surface area (TPSA) is 79.2 Å². The molecule has 5 heteroatoms. The summed E-state index contributed by atoms with van der Waals surface area (Å²) in [5, 5.41) is 12.3. The molecular weight excluding hydrogens is 280 g/mol. The number of nitrogens with one attached hydrogen (secondary N) is 1. The fraction of sp³-hybridized carbons (Fsp3) is 0.235. The Hall–Kier alpha value is -2.87. The Morgan fingerprint density at radius 3 is 2.86 bits per heavy atom. The van der Waals surface area contributed by atoms with Gasteiger partial charge in [0.1, 0.15) is 17.4 Å². The molecule has 0 saturated heterocycles. The van der Waals surface area contributed by atoms with Crippen LogP contribution in [0.15, 0.2) is 47.4 Å². The number of ketones is 1. The number of anilines is 1. The molecule has 22 heavy (non-hydrogen) atoms. The van der Waals surface area contributed by atoms with E-state index in [1.807, 2.05) is 6.07 Å². The Morgan fingerprint density at radius 2 is 2.05 bits per heavy atom. The number of nitrogens with zero attached hydrogens (tertiary/aromatic N) is 1. The fourth-order valence-electron chi connectivity index (χ4n) is 3.59. The molecule has 5 nitrogen and oxygen atoms in total. The summed E-state index contributed by atoms with van der Waals surface area (Å²) in [6.45, 7) is 0. The molecule has 2 aliphatic heterocycles. The number of ether oxygens (including phenoxy) is 1. The highest BCUT2D eigenvalue weighted by atomic mass is 16.5. The fourth-order valence-corrected chi connectivity index (χ4v) is 3.59. The summed E-state index contributed by atoms with van der Waals surface area (Å²) in [5.74, 6) is 0.0450. The molecule has 4 rings (SSSR count). The number of rotatable bonds is 0. The Kier molecular flexibility index (Phi) is 2.52. The molecule has 1 aromatic carbocycles. The minimum absolute atomic E-state index is 0.117. The lowest BCUT2D eigenvalue weighted by molar-refractivity contribution is -0.123. The van der Waals surface area contributed by atoms with Gasteiger partial charge in [0, 0.05) is 24.1 Å². The van der Waals surface area contributed by atoms with Crippen molar-refractivity contribution in [1.82, 2.24) is 0 Å². The van der Waals surface area contributed by atoms with Gasteiger partial charge in [-0.05, 0) is 12.5 Å². The van der Waals surface area contributed by atoms with Crippen molar-refractivity contribution in [2.45, 2.75) is 24.7 Å². The maximum absolute atomic E-state index is 12.8. The van der Waals surface area contributed by atoms with Crippen molar-refractivity contribution in [3.63, 3.8) is 0 Å². The highest BCUT2D eigenvalue weighted by Gasteiger charge is 2.58. The molecule has 1 aromatic rings. The van der Waals surface area contributed by atoms with Crippen molar-refractivity contribution in [3.05, 3.63) is 53.0 Å². The zero-order valence-electron chi connectivity index (χ0n) is 11.7. The number of nitriles is 1. The molecule has 3 aliphatic rings. The monoisotopic (exact) mass is 292 g/mol. The van der Waals surface area contributed by atoms with Crippen LogP contribution in [0.2, 0.25) is 0 Å². The van der Waals surface area contributed by atoms with Gasteiger partial charge >= 0.3 is 0 Å². The largest absolute Gasteiger partial charge is 0.468 e. The molecule has 1 unspecified atom stereocenters. The van der Waals surface area contributed by atoms with Crippen LogP contribution in [-0.4, -0.2) is 11.7 Å². The van der Waals surface area contributed by atoms with E-state index in [-0.39, 0.29) is 17.3 Å². The molecule has 2 heterocycles. The Bertz CT molecular complexity index is 829. The minimum atomic E-state index is -1.35. The average Bonchev–Trinajstić information content (AvgIpc) is 2.81. The first-order valence-corrected chi connectivity index (χ1v) is 7.14. The van der Waals surface area contributed by atoms with Gasteiger partial charge in [-0.25, -0.2) is 0 Å². The molecule has 1 spiro atoms. The highest BCUT2D eigenvalue weighted by Crippen LogP contribution is 2.52. The molecule has 1 amide bonds. The summed E-state index contributed by atoms with van der Waals surface area (Å²) in [6.07, 6.45) is 3.00. The lowest BCUT2D eigenvalue weighted by Gasteiger charge is -2.35. The zero-order chi connectivity index (χ0) is 15.3. The Labute approximate surface area is 126 Å². The van der Waals surface area contributed by atoms with Crippen LogP contribution < -0.4 is 5.32 Å². The number of para-hydroxylation sites is 1. The predicted molar refractivity (Wildman–Crippen MR) is 77.4 cm³/mol. The second-order valence-corrected chi connectivity index (χ2v) is 5.59. The van der Waals surface area contributed by atoms with Gasteiger partial charge in [-0.3, -0.25) is 9.59 Å². The van der Waals surface area contributed by atoms with Crippen LogP contribution >= 0.6 is 0 Å². The molecule has 0 saturated carbocycles. The van der Waals surface area contributed by atoms with Crippen LogP contribution in [0.25, 0.3) is 0 Å². The molecule has 1 aliphatic carbocycles. The van der Waals surface area contributed by atoms with Gasteiger partial charge in [-0.2, -0.15) is 5.26 Å². The van der Waals surface area contributed by atoms with Crippen LogP contribution in [0.5, 0.6) is 0 Å². The van der Waals surface area contributed by atoms with Crippen molar-refractivity contribution in [3.8, 4) is 6.07 Å². The third kappa shape index (κ3) is 1.37. The van der Waals surface area contributed by atoms with Gasteiger partial charge in [0.05, 0.1) is 17.2 Å². The highest BCUT2D eigenvalue weighted by molar-refractivity contribution is 6.18. The van der Waals surface area contributed by atoms with Crippen molar-refractivity contribution >= 4 is 17.4 Å². The Balaban J connectivity index is 2.09. The summed E-state index contributed by atoms with van der Waals surface area (Å²) < 4.78 is 5.50. The molecule has 0 bridgehead atoms. The summed E-state index contributed by atoms with van der Waals surface area (Å²) in [7, 11) is 0. The standard InChI is InChI=1S/C17H12N2O3/c18-8-10-9-22-14-7-3-6-13(20)15(14)17(10)11-4-1-2-5-12(11)19-16(17)21/h1-2,4-5,9H,3,6-7H2,(H,19,21). The Morgan fingerprint density at radius 1 is 1.23 bits per heavy atom. The molecule has 0 aromatic heterocycles. The SMILES string of the molecule is N#CC1=COC2=C(C(=O)CCC2)C12C(=O)Nc1ccccc12. The summed E-state index contributed by atoms with van der Waals surface area (Å²) in [6, 6.07) is 9.23. The molecule has 0 radical (unpaired) electrons. The zero-order valence-corrected chi connectivity index (χ0v) is 11.7. The van der Waals surface area contributed by atoms with Crippen LogP contribution in [0.3, 0.4) is 0 Å². The number of allylic oxidation sites excluding steroid dienone is 1. The second kappa shape index (κ2) is 4.31. The smallest absolute Gasteiger partial charge is 0.245 e. The average molecular weight is 292 g/mol. The summed E-state index contributed by atoms with van der Waals surface area (Å²) in [5.41, 5.74) is 0.431. The van der Waals surface area contributed by atoms with E-state index in [4.69, 9.17) is 4.74 Å². The number of Topliss-reactive ketones (excluding diaryl/α,β-unsaturated/α-hetero) is 1. The van der Waals surface area contributed by atoms with Crippen molar-refractivity contribution < 1.29 is 14.3 Å². The first-order valence-electron chi connectivity index (χ1n) is 7.14. The molecular formula is C17H12N2O3. The van der Waals surface area contributed by atoms with E-state index < -0.39 is 5.41 Å². The first kappa shape index (κ1) is 12.8. The van der Waals surface area contributed by atoms with Crippen LogP contribution in [0.1, 0.15) is 24.8 Å². The predicted octanol–water partition coefficient (Wildman–Crippen LogP) is 2.32. The number of fused-ring (bicyclic) bond motifs is 3. The second-order valence-electron chi connectivity index (χ2n) is 5.59. The number of hydrogen-bond donors (Lipinski definition) is 1. The van der Waals surface area contributed by atoms with Crippen LogP contribution in [-0.2, 0) is 19.7 Å². The number of benzene rings is 1. The number of carbonyl (C=O) groups excluding carboxylic acids is 2. The van der Waals surface area contributed by atoms with Crippen LogP contribution in [0.4, 0.5) is 5.69 Å². The van der Waals surface area contributed by atoms with Gasteiger partial charge in [0.2, 0.25) is 5.91 Å². The lowest BCUT2D eigenvalue weighted by Crippen LogP contribution is -2.44. The maximum atomic E-state index is 12.8. The van der Waals surface area contributed by atoms with Gasteiger partial charge in [0.25, 0.3) is 0 Å². The van der Waals surface area contributed by atoms with Crippen LogP contribution in [0, 0.1) is 11.3 Å². The van der Waals surface area contributed by atoms with E-state index >= 15 is 0 Å². The third-order valence-corrected chi connectivity index (χ3v) is 4.50. The van der Waals surface area contributed by atoms with E-state index in [1.165, 1.54) is 6.26 Å². The maximum Gasteiger partial charge on any atom is 0.245 e. The van der Waals surface area contributed by atoms with Gasteiger partial charge in [-0.1, -0.05) is 18.2 Å². The lowest BCUT2D eigenvalue weighted by atomic mass is 9.65. The van der Waals surface area contributed by atoms with E-state index in [9.17, 15) is 14.9 Å². The van der Waals surface area contributed by atoms with Crippen molar-refractivity contribution in [2.75, 3.05) is 5.32 Å². The van der Waals surface area contributed by atoms with E-state index in [0.717, 1.165) is 0 Å². The van der Waals surface area contributed by atoms with E-state index in [2.05, 4.69) is 11.4 Å². The normalized spacial score (nSPS) is 25.9. The van der Waals surface area contributed by atoms with Gasteiger partial charge in [0.15, 0.2) is 5.78 Å². The van der Waals surface area contributed by atoms with Crippen molar-refractivity contribution in [2.24, 2.45) is 0 Å². The molecule has 1 N–H and O–H groups in total. The van der Waals surface area contributed by atoms with Gasteiger partial charge < -0.3 is 10.1 Å². The molecule has 1 atom stereocenters. The summed E-state index contributed by atoms with van der Waals surface area (Å²) >= 11 is 0. The number of carbonyl (C=O) groups is 2. The van der Waals surface area contributed by atoms with Crippen molar-refractivity contribution in [1.29, 1.82) is 5.26 Å². The third-order valence-electron chi connectivity index (χ3n) is 4.50. The van der Waals surface area contributed by atoms with E-state index in [0.29, 0.717) is 41.8 Å². The minimum Gasteiger partial charge on any atom is -0.468 e. The quantitative estimate of drug-likeness (QED) is 0.796. The number of amides is 1. The van der Waals surface area contributed by atoms with E-state index in [1.54, 1.807) is 18.2 Å².